The van der Waals surface area contributed by atoms with Crippen molar-refractivity contribution in [3.63, 3.8) is 0 Å². The first-order valence-corrected chi connectivity index (χ1v) is 9.51. The topological polar surface area (TPSA) is 168 Å². The SMILES string of the molecule is Cc1ccccc1NC(=O)c1sc2nc(N)c(C#N)c(-c3c(=O)o[nH][n+]3C)c2c1N. The highest BCUT2D eigenvalue weighted by atomic mass is 32.1. The van der Waals surface area contributed by atoms with Crippen molar-refractivity contribution in [3.8, 4) is 17.3 Å². The zero-order chi connectivity index (χ0) is 21.6. The Morgan fingerprint density at radius 1 is 1.37 bits per heavy atom. The smallest absolute Gasteiger partial charge is 0.397 e. The quantitative estimate of drug-likeness (QED) is 0.364. The van der Waals surface area contributed by atoms with Gasteiger partial charge in [0.2, 0.25) is 0 Å². The molecule has 6 N–H and O–H groups in total. The predicted octanol–water partition coefficient (Wildman–Crippen LogP) is 1.67. The maximum Gasteiger partial charge on any atom is 0.435 e. The number of thiophene rings is 1. The fourth-order valence-corrected chi connectivity index (χ4v) is 4.20. The molecule has 3 aromatic heterocycles. The molecule has 11 heteroatoms. The zero-order valence-corrected chi connectivity index (χ0v) is 16.8. The van der Waals surface area contributed by atoms with Crippen LogP contribution >= 0.6 is 11.3 Å². The van der Waals surface area contributed by atoms with Crippen molar-refractivity contribution in [1.29, 1.82) is 5.26 Å². The minimum atomic E-state index is -0.711. The van der Waals surface area contributed by atoms with Gasteiger partial charge in [-0.25, -0.2) is 9.78 Å². The van der Waals surface area contributed by atoms with E-state index in [0.29, 0.717) is 15.9 Å². The van der Waals surface area contributed by atoms with Gasteiger partial charge in [-0.3, -0.25) is 9.32 Å². The van der Waals surface area contributed by atoms with E-state index in [1.807, 2.05) is 31.2 Å². The van der Waals surface area contributed by atoms with Gasteiger partial charge in [0.1, 0.15) is 27.2 Å². The third kappa shape index (κ3) is 2.87. The van der Waals surface area contributed by atoms with Gasteiger partial charge in [-0.2, -0.15) is 5.26 Å². The summed E-state index contributed by atoms with van der Waals surface area (Å²) in [6.07, 6.45) is 0. The maximum atomic E-state index is 12.9. The molecule has 0 spiro atoms. The number of benzene rings is 1. The molecule has 0 radical (unpaired) electrons. The molecular formula is C19H16N7O3S+. The average Bonchev–Trinajstić information content (AvgIpc) is 3.21. The van der Waals surface area contributed by atoms with Crippen LogP contribution < -0.4 is 27.1 Å². The maximum absolute atomic E-state index is 12.9. The summed E-state index contributed by atoms with van der Waals surface area (Å²) in [6, 6.07) is 9.28. The number of aryl methyl sites for hydroxylation is 2. The first kappa shape index (κ1) is 19.2. The summed E-state index contributed by atoms with van der Waals surface area (Å²) in [5.74, 6) is -0.508. The number of nitriles is 1. The number of H-pyrrole nitrogens is 1. The van der Waals surface area contributed by atoms with Gasteiger partial charge in [-0.1, -0.05) is 22.9 Å². The highest BCUT2D eigenvalue weighted by Crippen LogP contribution is 2.41. The van der Waals surface area contributed by atoms with E-state index in [9.17, 15) is 14.9 Å². The summed E-state index contributed by atoms with van der Waals surface area (Å²) in [5, 5.41) is 15.2. The molecule has 150 valence electrons. The molecule has 0 aliphatic heterocycles. The van der Waals surface area contributed by atoms with Gasteiger partial charge in [0.05, 0.1) is 16.6 Å². The number of hydrogen-bond donors (Lipinski definition) is 4. The molecule has 0 unspecified atom stereocenters. The first-order valence-electron chi connectivity index (χ1n) is 8.69. The van der Waals surface area contributed by atoms with Crippen LogP contribution in [0.25, 0.3) is 21.5 Å². The van der Waals surface area contributed by atoms with Crippen molar-refractivity contribution in [2.24, 2.45) is 7.05 Å². The van der Waals surface area contributed by atoms with Crippen LogP contribution in [0.3, 0.4) is 0 Å². The number of rotatable bonds is 3. The molecule has 3 heterocycles. The first-order chi connectivity index (χ1) is 14.3. The second-order valence-electron chi connectivity index (χ2n) is 6.54. The number of nitrogens with two attached hydrogens (primary N) is 2. The zero-order valence-electron chi connectivity index (χ0n) is 15.9. The summed E-state index contributed by atoms with van der Waals surface area (Å²) in [7, 11) is 1.54. The van der Waals surface area contributed by atoms with Crippen LogP contribution in [0, 0.1) is 18.3 Å². The second kappa shape index (κ2) is 7.02. The lowest BCUT2D eigenvalue weighted by atomic mass is 10.0. The van der Waals surface area contributed by atoms with Crippen LogP contribution in [0.1, 0.15) is 20.8 Å². The summed E-state index contributed by atoms with van der Waals surface area (Å²) in [6.45, 7) is 1.87. The lowest BCUT2D eigenvalue weighted by Gasteiger charge is -2.07. The van der Waals surface area contributed by atoms with Crippen molar-refractivity contribution in [2.45, 2.75) is 6.92 Å². The van der Waals surface area contributed by atoms with E-state index >= 15 is 0 Å². The second-order valence-corrected chi connectivity index (χ2v) is 7.54. The van der Waals surface area contributed by atoms with Crippen molar-refractivity contribution in [1.82, 2.24) is 10.3 Å². The number of aromatic amines is 1. The van der Waals surface area contributed by atoms with Gasteiger partial charge in [-0.05, 0) is 23.8 Å². The van der Waals surface area contributed by atoms with E-state index in [1.54, 1.807) is 6.07 Å². The Kier molecular flexibility index (Phi) is 4.48. The monoisotopic (exact) mass is 422 g/mol. The number of hydrogen-bond acceptors (Lipinski definition) is 8. The summed E-state index contributed by atoms with van der Waals surface area (Å²) in [5.41, 5.74) is 13.4. The molecule has 1 amide bonds. The lowest BCUT2D eigenvalue weighted by molar-refractivity contribution is -0.730. The number of para-hydroxylation sites is 1. The molecule has 4 rings (SSSR count). The molecule has 4 aromatic rings. The minimum Gasteiger partial charge on any atom is -0.397 e. The number of carbonyl (C=O) groups excluding carboxylic acids is 1. The van der Waals surface area contributed by atoms with Crippen molar-refractivity contribution in [3.05, 3.63) is 50.7 Å². The number of nitrogen functional groups attached to an aromatic ring is 2. The summed E-state index contributed by atoms with van der Waals surface area (Å²) < 4.78 is 6.13. The lowest BCUT2D eigenvalue weighted by Crippen LogP contribution is -2.34. The molecular weight excluding hydrogens is 406 g/mol. The van der Waals surface area contributed by atoms with Gasteiger partial charge >= 0.3 is 11.3 Å². The van der Waals surface area contributed by atoms with Crippen molar-refractivity contribution < 1.29 is 14.0 Å². The number of fused-ring (bicyclic) bond motifs is 1. The average molecular weight is 422 g/mol. The van der Waals surface area contributed by atoms with E-state index < -0.39 is 11.5 Å². The Labute approximate surface area is 173 Å². The summed E-state index contributed by atoms with van der Waals surface area (Å²) >= 11 is 1.02. The van der Waals surface area contributed by atoms with E-state index in [2.05, 4.69) is 15.6 Å². The molecule has 30 heavy (non-hydrogen) atoms. The molecule has 10 nitrogen and oxygen atoms in total. The Balaban J connectivity index is 1.96. The molecule has 0 aliphatic carbocycles. The third-order valence-electron chi connectivity index (χ3n) is 4.66. The molecule has 0 saturated heterocycles. The molecule has 0 fully saturated rings. The number of nitrogens with zero attached hydrogens (tertiary/aromatic N) is 3. The molecule has 1 aromatic carbocycles. The van der Waals surface area contributed by atoms with Gasteiger partial charge in [-0.15, -0.1) is 11.3 Å². The van der Waals surface area contributed by atoms with Crippen LogP contribution in [0.2, 0.25) is 0 Å². The number of carbonyl (C=O) groups is 1. The Morgan fingerprint density at radius 2 is 2.10 bits per heavy atom. The van der Waals surface area contributed by atoms with Gasteiger partial charge in [0.15, 0.2) is 7.05 Å². The van der Waals surface area contributed by atoms with E-state index in [4.69, 9.17) is 16.0 Å². The van der Waals surface area contributed by atoms with E-state index in [1.165, 1.54) is 11.7 Å². The van der Waals surface area contributed by atoms with E-state index in [0.717, 1.165) is 16.9 Å². The fourth-order valence-electron chi connectivity index (χ4n) is 3.19. The molecule has 0 aliphatic rings. The highest BCUT2D eigenvalue weighted by Gasteiger charge is 2.32. The number of amides is 1. The highest BCUT2D eigenvalue weighted by molar-refractivity contribution is 7.21. The van der Waals surface area contributed by atoms with Crippen molar-refractivity contribution in [2.75, 3.05) is 16.8 Å². The van der Waals surface area contributed by atoms with Crippen LogP contribution in [-0.2, 0) is 7.05 Å². The molecule has 0 atom stereocenters. The van der Waals surface area contributed by atoms with Crippen LogP contribution in [0.5, 0.6) is 0 Å². The Bertz CT molecular complexity index is 1420. The van der Waals surface area contributed by atoms with E-state index in [-0.39, 0.29) is 33.2 Å². The minimum absolute atomic E-state index is 0.0274. The summed E-state index contributed by atoms with van der Waals surface area (Å²) in [4.78, 5) is 30.0. The standard InChI is InChI=1S/C19H15N7O3S/c1-8-5-3-4-6-10(8)23-17(27)15-13(21)12-11(14-19(28)29-25-26(14)2)9(7-20)16(22)24-18(12)30-15/h3-6H,1-2H3,(H5-,21,22,23,24,25,27,28)/p+1. The van der Waals surface area contributed by atoms with Gasteiger partial charge in [0, 0.05) is 5.69 Å². The van der Waals surface area contributed by atoms with Crippen LogP contribution in [0.4, 0.5) is 17.2 Å². The number of anilines is 3. The van der Waals surface area contributed by atoms with Crippen LogP contribution in [-0.4, -0.2) is 16.2 Å². The number of nitrogens with one attached hydrogen (secondary N) is 2. The normalized spacial score (nSPS) is 10.8. The Morgan fingerprint density at radius 3 is 2.73 bits per heavy atom. The predicted molar refractivity (Wildman–Crippen MR) is 112 cm³/mol. The van der Waals surface area contributed by atoms with Gasteiger partial charge in [0.25, 0.3) is 5.91 Å². The third-order valence-corrected chi connectivity index (χ3v) is 5.76. The van der Waals surface area contributed by atoms with Gasteiger partial charge < -0.3 is 16.8 Å². The number of aromatic nitrogens is 3. The number of pyridine rings is 1. The Hall–Kier alpha value is -4.17. The molecule has 0 bridgehead atoms. The fraction of sp³-hybridized carbons (Fsp3) is 0.105. The van der Waals surface area contributed by atoms with Crippen molar-refractivity contribution >= 4 is 44.7 Å². The van der Waals surface area contributed by atoms with Crippen LogP contribution in [0.15, 0.2) is 33.6 Å². The molecule has 0 saturated carbocycles. The largest absolute Gasteiger partial charge is 0.435 e.